The Labute approximate surface area is 73.0 Å². The van der Waals surface area contributed by atoms with Gasteiger partial charge in [-0.05, 0) is 18.9 Å². The van der Waals surface area contributed by atoms with Crippen molar-refractivity contribution in [3.05, 3.63) is 12.7 Å². The van der Waals surface area contributed by atoms with Crippen molar-refractivity contribution in [2.75, 3.05) is 0 Å². The summed E-state index contributed by atoms with van der Waals surface area (Å²) in [6.45, 7) is 3.40. The highest BCUT2D eigenvalue weighted by molar-refractivity contribution is 5.87. The molecule has 1 fully saturated rings. The lowest BCUT2D eigenvalue weighted by Crippen LogP contribution is -2.48. The van der Waals surface area contributed by atoms with Crippen molar-refractivity contribution in [1.82, 2.24) is 5.32 Å². The van der Waals surface area contributed by atoms with Crippen molar-refractivity contribution in [3.8, 4) is 0 Å². The largest absolute Gasteiger partial charge is 0.348 e. The molecule has 0 heterocycles. The Morgan fingerprint density at radius 3 is 2.75 bits per heavy atom. The lowest BCUT2D eigenvalue weighted by atomic mass is 9.91. The van der Waals surface area contributed by atoms with Gasteiger partial charge in [0.2, 0.25) is 5.91 Å². The quantitative estimate of drug-likeness (QED) is 0.592. The van der Waals surface area contributed by atoms with Crippen molar-refractivity contribution in [2.24, 2.45) is 5.73 Å². The number of rotatable bonds is 2. The van der Waals surface area contributed by atoms with E-state index in [1.54, 1.807) is 0 Å². The van der Waals surface area contributed by atoms with Crippen molar-refractivity contribution in [1.29, 1.82) is 0 Å². The molecule has 0 saturated heterocycles. The highest BCUT2D eigenvalue weighted by atomic mass is 16.1. The van der Waals surface area contributed by atoms with E-state index >= 15 is 0 Å². The van der Waals surface area contributed by atoms with Crippen LogP contribution in [0.4, 0.5) is 0 Å². The van der Waals surface area contributed by atoms with E-state index in [1.165, 1.54) is 12.5 Å². The molecule has 1 amide bonds. The molecule has 1 rings (SSSR count). The first-order valence-electron chi connectivity index (χ1n) is 4.42. The number of carbonyl (C=O) groups excluding carboxylic acids is 1. The van der Waals surface area contributed by atoms with Gasteiger partial charge in [-0.1, -0.05) is 19.4 Å². The van der Waals surface area contributed by atoms with E-state index in [2.05, 4.69) is 11.9 Å². The van der Waals surface area contributed by atoms with Crippen LogP contribution < -0.4 is 11.1 Å². The first-order valence-corrected chi connectivity index (χ1v) is 4.42. The first kappa shape index (κ1) is 9.26. The summed E-state index contributed by atoms with van der Waals surface area (Å²) in [6.07, 6.45) is 5.65. The highest BCUT2D eigenvalue weighted by Crippen LogP contribution is 2.16. The minimum Gasteiger partial charge on any atom is -0.348 e. The summed E-state index contributed by atoms with van der Waals surface area (Å²) in [5.74, 6) is -0.114. The number of hydrogen-bond acceptors (Lipinski definition) is 2. The minimum absolute atomic E-state index is 0.114. The third kappa shape index (κ3) is 2.34. The van der Waals surface area contributed by atoms with Gasteiger partial charge >= 0.3 is 0 Å². The fourth-order valence-corrected chi connectivity index (χ4v) is 1.58. The Balaban J connectivity index is 2.38. The Kier molecular flexibility index (Phi) is 3.29. The topological polar surface area (TPSA) is 55.1 Å². The fraction of sp³-hybridized carbons (Fsp3) is 0.667. The van der Waals surface area contributed by atoms with Gasteiger partial charge in [-0.25, -0.2) is 0 Å². The Morgan fingerprint density at radius 1 is 1.50 bits per heavy atom. The molecule has 0 bridgehead atoms. The van der Waals surface area contributed by atoms with E-state index in [9.17, 15) is 4.79 Å². The van der Waals surface area contributed by atoms with Gasteiger partial charge in [-0.15, -0.1) is 0 Å². The first-order chi connectivity index (χ1) is 5.74. The normalized spacial score (nSPS) is 29.4. The van der Waals surface area contributed by atoms with Gasteiger partial charge in [0.1, 0.15) is 0 Å². The van der Waals surface area contributed by atoms with Crippen molar-refractivity contribution in [3.63, 3.8) is 0 Å². The summed E-state index contributed by atoms with van der Waals surface area (Å²) < 4.78 is 0. The van der Waals surface area contributed by atoms with Crippen LogP contribution in [0.5, 0.6) is 0 Å². The predicted molar refractivity (Wildman–Crippen MR) is 48.6 cm³/mol. The molecule has 0 spiro atoms. The van der Waals surface area contributed by atoms with Crippen LogP contribution >= 0.6 is 0 Å². The second-order valence-corrected chi connectivity index (χ2v) is 3.27. The van der Waals surface area contributed by atoms with E-state index in [0.29, 0.717) is 0 Å². The van der Waals surface area contributed by atoms with Crippen molar-refractivity contribution >= 4 is 5.91 Å². The molecule has 0 aromatic heterocycles. The van der Waals surface area contributed by atoms with E-state index in [1.807, 2.05) is 0 Å². The summed E-state index contributed by atoms with van der Waals surface area (Å²) in [4.78, 5) is 10.9. The van der Waals surface area contributed by atoms with E-state index in [0.717, 1.165) is 19.3 Å². The molecule has 3 nitrogen and oxygen atoms in total. The van der Waals surface area contributed by atoms with Crippen LogP contribution in [0.25, 0.3) is 0 Å². The summed E-state index contributed by atoms with van der Waals surface area (Å²) in [5, 5.41) is 2.84. The zero-order valence-electron chi connectivity index (χ0n) is 7.25. The number of nitrogens with two attached hydrogens (primary N) is 1. The molecule has 3 N–H and O–H groups in total. The molecule has 0 aliphatic heterocycles. The van der Waals surface area contributed by atoms with Crippen molar-refractivity contribution < 1.29 is 4.79 Å². The molecule has 1 aliphatic carbocycles. The van der Waals surface area contributed by atoms with E-state index in [4.69, 9.17) is 5.73 Å². The average molecular weight is 168 g/mol. The zero-order valence-corrected chi connectivity index (χ0v) is 7.25. The van der Waals surface area contributed by atoms with Gasteiger partial charge in [0, 0.05) is 12.1 Å². The molecule has 2 atom stereocenters. The molecule has 0 aromatic carbocycles. The molecule has 12 heavy (non-hydrogen) atoms. The molecule has 0 unspecified atom stereocenters. The maximum atomic E-state index is 10.9. The molecule has 68 valence electrons. The molecular formula is C9H16N2O. The van der Waals surface area contributed by atoms with Crippen molar-refractivity contribution in [2.45, 2.75) is 37.8 Å². The predicted octanol–water partition coefficient (Wildman–Crippen LogP) is 0.558. The number of nitrogens with one attached hydrogen (secondary N) is 1. The maximum Gasteiger partial charge on any atom is 0.243 e. The second kappa shape index (κ2) is 4.26. The van der Waals surface area contributed by atoms with Gasteiger partial charge in [0.25, 0.3) is 0 Å². The van der Waals surface area contributed by atoms with Crippen LogP contribution in [0.3, 0.4) is 0 Å². The minimum atomic E-state index is -0.114. The van der Waals surface area contributed by atoms with Crippen LogP contribution in [0, 0.1) is 0 Å². The maximum absolute atomic E-state index is 10.9. The van der Waals surface area contributed by atoms with Crippen LogP contribution in [-0.2, 0) is 4.79 Å². The summed E-state index contributed by atoms with van der Waals surface area (Å²) in [5.41, 5.74) is 5.83. The lowest BCUT2D eigenvalue weighted by Gasteiger charge is -2.28. The van der Waals surface area contributed by atoms with Crippen LogP contribution in [0.2, 0.25) is 0 Å². The Hall–Kier alpha value is -0.830. The van der Waals surface area contributed by atoms with Gasteiger partial charge in [0.15, 0.2) is 0 Å². The standard InChI is InChI=1S/C9H16N2O/c1-2-9(12)11-8-6-4-3-5-7(8)10/h2,7-8H,1,3-6,10H2,(H,11,12)/t7-,8+/m1/s1. The summed E-state index contributed by atoms with van der Waals surface area (Å²) >= 11 is 0. The molecule has 3 heteroatoms. The highest BCUT2D eigenvalue weighted by Gasteiger charge is 2.22. The molecule has 0 radical (unpaired) electrons. The SMILES string of the molecule is C=CC(=O)N[C@H]1CCCC[C@H]1N. The lowest BCUT2D eigenvalue weighted by molar-refractivity contribution is -0.117. The third-order valence-electron chi connectivity index (χ3n) is 2.33. The summed E-state index contributed by atoms with van der Waals surface area (Å²) in [6, 6.07) is 0.284. The van der Waals surface area contributed by atoms with Gasteiger partial charge in [-0.2, -0.15) is 0 Å². The zero-order chi connectivity index (χ0) is 8.97. The van der Waals surface area contributed by atoms with E-state index < -0.39 is 0 Å². The third-order valence-corrected chi connectivity index (χ3v) is 2.33. The van der Waals surface area contributed by atoms with Crippen LogP contribution in [0.15, 0.2) is 12.7 Å². The average Bonchev–Trinajstić information content (AvgIpc) is 2.09. The van der Waals surface area contributed by atoms with Gasteiger partial charge < -0.3 is 11.1 Å². The molecule has 0 aromatic rings. The van der Waals surface area contributed by atoms with Gasteiger partial charge in [0.05, 0.1) is 0 Å². The molecular weight excluding hydrogens is 152 g/mol. The Morgan fingerprint density at radius 2 is 2.17 bits per heavy atom. The molecule has 1 aliphatic rings. The monoisotopic (exact) mass is 168 g/mol. The molecule has 1 saturated carbocycles. The Bertz CT molecular complexity index is 179. The van der Waals surface area contributed by atoms with Gasteiger partial charge in [-0.3, -0.25) is 4.79 Å². The number of carbonyl (C=O) groups is 1. The number of hydrogen-bond donors (Lipinski definition) is 2. The summed E-state index contributed by atoms with van der Waals surface area (Å²) in [7, 11) is 0. The van der Waals surface area contributed by atoms with Crippen LogP contribution in [-0.4, -0.2) is 18.0 Å². The smallest absolute Gasteiger partial charge is 0.243 e. The van der Waals surface area contributed by atoms with E-state index in [-0.39, 0.29) is 18.0 Å². The second-order valence-electron chi connectivity index (χ2n) is 3.27. The number of amides is 1. The fourth-order valence-electron chi connectivity index (χ4n) is 1.58. The van der Waals surface area contributed by atoms with Crippen LogP contribution in [0.1, 0.15) is 25.7 Å².